The Morgan fingerprint density at radius 3 is 2.75 bits per heavy atom. The van der Waals surface area contributed by atoms with Gasteiger partial charge in [0.05, 0.1) is 17.9 Å². The van der Waals surface area contributed by atoms with E-state index in [9.17, 15) is 9.59 Å². The number of rotatable bonds is 4. The van der Waals surface area contributed by atoms with E-state index >= 15 is 0 Å². The number of nitrogens with zero attached hydrogens (tertiary/aromatic N) is 5. The third-order valence-electron chi connectivity index (χ3n) is 5.27. The zero-order chi connectivity index (χ0) is 22.2. The smallest absolute Gasteiger partial charge is 0.279 e. The molecule has 4 aromatic rings. The fourth-order valence-electron chi connectivity index (χ4n) is 3.64. The lowest BCUT2D eigenvalue weighted by molar-refractivity contribution is 0.0725. The lowest BCUT2D eigenvalue weighted by Gasteiger charge is -2.25. The standard InChI is InChI=1S/C22H20N6O3S/c1-13-10-17(26-31-13)20(29)24-22-23-15-8-9-28(12-19(15)32-22)21(30)18-11-16(25-27(18)2)14-6-4-3-5-7-14/h3-7,10-11H,8-9,12H2,1-2H3,(H,23,24,29). The molecule has 0 spiro atoms. The molecule has 162 valence electrons. The highest BCUT2D eigenvalue weighted by molar-refractivity contribution is 7.15. The molecule has 0 radical (unpaired) electrons. The fraction of sp³-hybridized carbons (Fsp3) is 0.227. The van der Waals surface area contributed by atoms with Crippen LogP contribution in [0.3, 0.4) is 0 Å². The molecule has 2 amide bonds. The van der Waals surface area contributed by atoms with E-state index in [4.69, 9.17) is 4.52 Å². The highest BCUT2D eigenvalue weighted by atomic mass is 32.1. The molecule has 0 aliphatic carbocycles. The van der Waals surface area contributed by atoms with Crippen molar-refractivity contribution in [2.45, 2.75) is 19.9 Å². The summed E-state index contributed by atoms with van der Waals surface area (Å²) in [5.41, 5.74) is 3.37. The highest BCUT2D eigenvalue weighted by Crippen LogP contribution is 2.30. The molecule has 1 aliphatic heterocycles. The second-order valence-electron chi connectivity index (χ2n) is 7.55. The van der Waals surface area contributed by atoms with Gasteiger partial charge < -0.3 is 9.42 Å². The lowest BCUT2D eigenvalue weighted by atomic mass is 10.1. The van der Waals surface area contributed by atoms with Gasteiger partial charge in [0.1, 0.15) is 11.5 Å². The van der Waals surface area contributed by atoms with Crippen LogP contribution in [-0.2, 0) is 20.0 Å². The van der Waals surface area contributed by atoms with Crippen LogP contribution in [0, 0.1) is 6.92 Å². The van der Waals surface area contributed by atoms with E-state index in [1.165, 1.54) is 11.3 Å². The van der Waals surface area contributed by atoms with E-state index in [1.807, 2.05) is 36.4 Å². The number of hydrogen-bond acceptors (Lipinski definition) is 7. The van der Waals surface area contributed by atoms with E-state index < -0.39 is 0 Å². The Morgan fingerprint density at radius 2 is 2.00 bits per heavy atom. The summed E-state index contributed by atoms with van der Waals surface area (Å²) in [4.78, 5) is 32.8. The number of hydrogen-bond donors (Lipinski definition) is 1. The number of thiazole rings is 1. The average Bonchev–Trinajstić information content (AvgIpc) is 3.51. The van der Waals surface area contributed by atoms with Crippen molar-refractivity contribution < 1.29 is 14.1 Å². The molecule has 1 N–H and O–H groups in total. The van der Waals surface area contributed by atoms with Gasteiger partial charge in [0.15, 0.2) is 10.8 Å². The Morgan fingerprint density at radius 1 is 1.19 bits per heavy atom. The van der Waals surface area contributed by atoms with Crippen molar-refractivity contribution >= 4 is 28.3 Å². The van der Waals surface area contributed by atoms with Gasteiger partial charge >= 0.3 is 0 Å². The summed E-state index contributed by atoms with van der Waals surface area (Å²) in [6, 6.07) is 13.2. The molecular formula is C22H20N6O3S. The molecule has 0 bridgehead atoms. The molecule has 0 atom stereocenters. The Balaban J connectivity index is 1.31. The normalized spacial score (nSPS) is 13.1. The predicted molar refractivity (Wildman–Crippen MR) is 118 cm³/mol. The molecule has 0 saturated carbocycles. The lowest BCUT2D eigenvalue weighted by Crippen LogP contribution is -2.36. The maximum absolute atomic E-state index is 13.2. The van der Waals surface area contributed by atoms with E-state index in [-0.39, 0.29) is 17.5 Å². The topological polar surface area (TPSA) is 106 Å². The van der Waals surface area contributed by atoms with Gasteiger partial charge in [-0.3, -0.25) is 19.6 Å². The third-order valence-corrected chi connectivity index (χ3v) is 6.27. The number of aryl methyl sites for hydroxylation is 2. The summed E-state index contributed by atoms with van der Waals surface area (Å²) in [5, 5.41) is 11.5. The van der Waals surface area contributed by atoms with Crippen LogP contribution in [0.4, 0.5) is 5.13 Å². The molecule has 10 heteroatoms. The van der Waals surface area contributed by atoms with Crippen LogP contribution in [0.2, 0.25) is 0 Å². The van der Waals surface area contributed by atoms with E-state index in [2.05, 4.69) is 20.6 Å². The molecule has 0 fully saturated rings. The van der Waals surface area contributed by atoms with Crippen molar-refractivity contribution in [3.8, 4) is 11.3 Å². The third kappa shape index (κ3) is 3.80. The Bertz CT molecular complexity index is 1310. The van der Waals surface area contributed by atoms with Crippen molar-refractivity contribution in [1.29, 1.82) is 0 Å². The molecule has 5 rings (SSSR count). The van der Waals surface area contributed by atoms with Gasteiger partial charge in [0.25, 0.3) is 11.8 Å². The number of fused-ring (bicyclic) bond motifs is 1. The summed E-state index contributed by atoms with van der Waals surface area (Å²) in [5.74, 6) is 0.113. The van der Waals surface area contributed by atoms with Gasteiger partial charge in [-0.1, -0.05) is 46.8 Å². The van der Waals surface area contributed by atoms with Gasteiger partial charge in [-0.25, -0.2) is 4.98 Å². The zero-order valence-electron chi connectivity index (χ0n) is 17.5. The molecule has 3 aromatic heterocycles. The molecule has 4 heterocycles. The number of aromatic nitrogens is 4. The fourth-order valence-corrected chi connectivity index (χ4v) is 4.66. The first-order valence-electron chi connectivity index (χ1n) is 10.1. The zero-order valence-corrected chi connectivity index (χ0v) is 18.3. The average molecular weight is 449 g/mol. The van der Waals surface area contributed by atoms with Crippen LogP contribution in [0.25, 0.3) is 11.3 Å². The monoisotopic (exact) mass is 448 g/mol. The van der Waals surface area contributed by atoms with Gasteiger partial charge in [-0.2, -0.15) is 5.10 Å². The number of nitrogens with one attached hydrogen (secondary N) is 1. The minimum atomic E-state index is -0.371. The van der Waals surface area contributed by atoms with Crippen molar-refractivity contribution in [3.05, 3.63) is 70.2 Å². The first-order chi connectivity index (χ1) is 15.5. The van der Waals surface area contributed by atoms with Crippen LogP contribution in [-0.4, -0.2) is 43.2 Å². The molecule has 32 heavy (non-hydrogen) atoms. The van der Waals surface area contributed by atoms with Crippen LogP contribution >= 0.6 is 11.3 Å². The van der Waals surface area contributed by atoms with E-state index in [0.29, 0.717) is 36.1 Å². The summed E-state index contributed by atoms with van der Waals surface area (Å²) in [7, 11) is 1.78. The second kappa shape index (κ2) is 8.04. The maximum Gasteiger partial charge on any atom is 0.279 e. The minimum Gasteiger partial charge on any atom is -0.361 e. The van der Waals surface area contributed by atoms with Crippen molar-refractivity contribution in [1.82, 2.24) is 24.8 Å². The number of benzene rings is 1. The first kappa shape index (κ1) is 20.1. The Labute approximate surface area is 187 Å². The van der Waals surface area contributed by atoms with Crippen LogP contribution in [0.5, 0.6) is 0 Å². The molecule has 9 nitrogen and oxygen atoms in total. The highest BCUT2D eigenvalue weighted by Gasteiger charge is 2.27. The van der Waals surface area contributed by atoms with Gasteiger partial charge in [-0.15, -0.1) is 0 Å². The van der Waals surface area contributed by atoms with E-state index in [1.54, 1.807) is 29.6 Å². The van der Waals surface area contributed by atoms with Gasteiger partial charge in [0.2, 0.25) is 0 Å². The summed E-state index contributed by atoms with van der Waals surface area (Å²) in [6.45, 7) is 2.72. The molecular weight excluding hydrogens is 428 g/mol. The Hall–Kier alpha value is -3.79. The van der Waals surface area contributed by atoms with E-state index in [0.717, 1.165) is 21.8 Å². The number of carbonyl (C=O) groups excluding carboxylic acids is 2. The molecule has 1 aliphatic rings. The van der Waals surface area contributed by atoms with Crippen LogP contribution in [0.15, 0.2) is 47.0 Å². The summed E-state index contributed by atoms with van der Waals surface area (Å²) >= 11 is 1.37. The van der Waals surface area contributed by atoms with Gasteiger partial charge in [0, 0.05) is 36.5 Å². The second-order valence-corrected chi connectivity index (χ2v) is 8.63. The van der Waals surface area contributed by atoms with Crippen LogP contribution < -0.4 is 5.32 Å². The minimum absolute atomic E-state index is 0.0788. The number of carbonyl (C=O) groups is 2. The van der Waals surface area contributed by atoms with Crippen molar-refractivity contribution in [3.63, 3.8) is 0 Å². The van der Waals surface area contributed by atoms with Crippen LogP contribution in [0.1, 0.15) is 37.3 Å². The maximum atomic E-state index is 13.2. The first-order valence-corrected chi connectivity index (χ1v) is 10.9. The number of amides is 2. The quantitative estimate of drug-likeness (QED) is 0.514. The van der Waals surface area contributed by atoms with Gasteiger partial charge in [-0.05, 0) is 13.0 Å². The molecule has 0 saturated heterocycles. The summed E-state index contributed by atoms with van der Waals surface area (Å²) in [6.07, 6.45) is 0.625. The van der Waals surface area contributed by atoms with Crippen molar-refractivity contribution in [2.75, 3.05) is 11.9 Å². The predicted octanol–water partition coefficient (Wildman–Crippen LogP) is 3.29. The van der Waals surface area contributed by atoms with Crippen molar-refractivity contribution in [2.24, 2.45) is 7.05 Å². The number of anilines is 1. The Kier molecular flexibility index (Phi) is 5.06. The summed E-state index contributed by atoms with van der Waals surface area (Å²) < 4.78 is 6.57. The largest absolute Gasteiger partial charge is 0.361 e. The molecule has 1 aromatic carbocycles. The molecule has 0 unspecified atom stereocenters. The SMILES string of the molecule is Cc1cc(C(=O)Nc2nc3c(s2)CN(C(=O)c2cc(-c4ccccc4)nn2C)CC3)no1.